The van der Waals surface area contributed by atoms with Crippen molar-refractivity contribution in [1.29, 1.82) is 0 Å². The highest BCUT2D eigenvalue weighted by Gasteiger charge is 2.20. The van der Waals surface area contributed by atoms with Gasteiger partial charge in [0.2, 0.25) is 0 Å². The Labute approximate surface area is 124 Å². The van der Waals surface area contributed by atoms with Crippen LogP contribution >= 0.6 is 0 Å². The number of nitrogens with one attached hydrogen (secondary N) is 1. The summed E-state index contributed by atoms with van der Waals surface area (Å²) in [7, 11) is 0. The number of benzene rings is 1. The van der Waals surface area contributed by atoms with Crippen LogP contribution in [-0.2, 0) is 0 Å². The Kier molecular flexibility index (Phi) is 4.11. The molecular weight excluding hydrogens is 266 g/mol. The van der Waals surface area contributed by atoms with E-state index in [0.29, 0.717) is 11.4 Å². The van der Waals surface area contributed by atoms with Gasteiger partial charge in [-0.1, -0.05) is 27.7 Å². The standard InChI is InChI=1S/C16H21N3O2/c1-10(16(2,3)4)8-17-14-12-6-5-11(15(20)21)7-13(12)18-9-19-14/h5-7,9-10H,8H2,1-4H3,(H,20,21)(H,17,18,19). The lowest BCUT2D eigenvalue weighted by atomic mass is 9.82. The molecule has 112 valence electrons. The molecule has 0 saturated carbocycles. The van der Waals surface area contributed by atoms with Gasteiger partial charge in [-0.2, -0.15) is 0 Å². The minimum atomic E-state index is -0.952. The molecule has 0 aliphatic carbocycles. The smallest absolute Gasteiger partial charge is 0.335 e. The number of carbonyl (C=O) groups is 1. The van der Waals surface area contributed by atoms with Gasteiger partial charge in [0.15, 0.2) is 0 Å². The van der Waals surface area contributed by atoms with Crippen molar-refractivity contribution in [1.82, 2.24) is 9.97 Å². The average Bonchev–Trinajstić information content (AvgIpc) is 2.42. The van der Waals surface area contributed by atoms with Gasteiger partial charge in [-0.15, -0.1) is 0 Å². The SMILES string of the molecule is CC(CNc1ncnc2cc(C(=O)O)ccc12)C(C)(C)C. The number of aromatic carboxylic acids is 1. The molecule has 0 fully saturated rings. The second-order valence-electron chi connectivity index (χ2n) is 6.41. The van der Waals surface area contributed by atoms with Crippen molar-refractivity contribution in [2.75, 3.05) is 11.9 Å². The van der Waals surface area contributed by atoms with E-state index in [1.807, 2.05) is 0 Å². The van der Waals surface area contributed by atoms with Crippen LogP contribution < -0.4 is 5.32 Å². The second-order valence-corrected chi connectivity index (χ2v) is 6.41. The summed E-state index contributed by atoms with van der Waals surface area (Å²) in [6.07, 6.45) is 1.46. The van der Waals surface area contributed by atoms with Gasteiger partial charge < -0.3 is 10.4 Å². The lowest BCUT2D eigenvalue weighted by molar-refractivity contribution is 0.0697. The predicted molar refractivity (Wildman–Crippen MR) is 83.6 cm³/mol. The van der Waals surface area contributed by atoms with Crippen LogP contribution in [0, 0.1) is 11.3 Å². The highest BCUT2D eigenvalue weighted by Crippen LogP contribution is 2.26. The molecule has 5 heteroatoms. The van der Waals surface area contributed by atoms with E-state index < -0.39 is 5.97 Å². The van der Waals surface area contributed by atoms with Crippen molar-refractivity contribution in [2.45, 2.75) is 27.7 Å². The lowest BCUT2D eigenvalue weighted by Crippen LogP contribution is -2.25. The Morgan fingerprint density at radius 1 is 1.33 bits per heavy atom. The van der Waals surface area contributed by atoms with E-state index in [0.717, 1.165) is 17.7 Å². The number of fused-ring (bicyclic) bond motifs is 1. The fraction of sp³-hybridized carbons (Fsp3) is 0.438. The summed E-state index contributed by atoms with van der Waals surface area (Å²) in [5.74, 6) is 0.264. The third-order valence-electron chi connectivity index (χ3n) is 3.94. The maximum atomic E-state index is 11.0. The minimum absolute atomic E-state index is 0.215. The molecule has 1 unspecified atom stereocenters. The fourth-order valence-electron chi connectivity index (χ4n) is 1.89. The van der Waals surface area contributed by atoms with Crippen LogP contribution in [0.25, 0.3) is 10.9 Å². The Morgan fingerprint density at radius 2 is 2.05 bits per heavy atom. The Balaban J connectivity index is 2.27. The summed E-state index contributed by atoms with van der Waals surface area (Å²) in [5.41, 5.74) is 1.08. The quantitative estimate of drug-likeness (QED) is 0.901. The molecule has 0 amide bonds. The molecular formula is C16H21N3O2. The van der Waals surface area contributed by atoms with Crippen LogP contribution in [0.15, 0.2) is 24.5 Å². The van der Waals surface area contributed by atoms with E-state index >= 15 is 0 Å². The molecule has 1 heterocycles. The third-order valence-corrected chi connectivity index (χ3v) is 3.94. The molecule has 5 nitrogen and oxygen atoms in total. The molecule has 2 N–H and O–H groups in total. The molecule has 1 aromatic carbocycles. The predicted octanol–water partition coefficient (Wildman–Crippen LogP) is 3.42. The Hall–Kier alpha value is -2.17. The van der Waals surface area contributed by atoms with E-state index in [1.54, 1.807) is 18.2 Å². The molecule has 0 saturated heterocycles. The van der Waals surface area contributed by atoms with Crippen molar-refractivity contribution in [3.8, 4) is 0 Å². The molecule has 0 spiro atoms. The van der Waals surface area contributed by atoms with Crippen LogP contribution in [0.4, 0.5) is 5.82 Å². The molecule has 0 radical (unpaired) electrons. The Bertz CT molecular complexity index is 662. The molecule has 21 heavy (non-hydrogen) atoms. The number of nitrogens with zero attached hydrogens (tertiary/aromatic N) is 2. The first kappa shape index (κ1) is 15.2. The molecule has 1 aromatic heterocycles. The van der Waals surface area contributed by atoms with Crippen molar-refractivity contribution in [2.24, 2.45) is 11.3 Å². The molecule has 0 aliphatic heterocycles. The van der Waals surface area contributed by atoms with Crippen molar-refractivity contribution < 1.29 is 9.90 Å². The number of hydrogen-bond donors (Lipinski definition) is 2. The van der Waals surface area contributed by atoms with Gasteiger partial charge in [-0.25, -0.2) is 14.8 Å². The first-order valence-electron chi connectivity index (χ1n) is 7.01. The maximum absolute atomic E-state index is 11.0. The summed E-state index contributed by atoms with van der Waals surface area (Å²) in [6, 6.07) is 4.90. The van der Waals surface area contributed by atoms with Crippen molar-refractivity contribution >= 4 is 22.7 Å². The fourth-order valence-corrected chi connectivity index (χ4v) is 1.89. The third kappa shape index (κ3) is 3.48. The molecule has 0 aliphatic rings. The van der Waals surface area contributed by atoms with Crippen molar-refractivity contribution in [3.63, 3.8) is 0 Å². The number of carboxylic acid groups (broad SMARTS) is 1. The largest absolute Gasteiger partial charge is 0.478 e. The van der Waals surface area contributed by atoms with E-state index in [2.05, 4.69) is 43.0 Å². The summed E-state index contributed by atoms with van der Waals surface area (Å²) >= 11 is 0. The molecule has 2 aromatic rings. The number of aromatic nitrogens is 2. The van der Waals surface area contributed by atoms with E-state index in [4.69, 9.17) is 5.11 Å². The summed E-state index contributed by atoms with van der Waals surface area (Å²) in [4.78, 5) is 19.4. The minimum Gasteiger partial charge on any atom is -0.478 e. The van der Waals surface area contributed by atoms with Crippen molar-refractivity contribution in [3.05, 3.63) is 30.1 Å². The molecule has 1 atom stereocenters. The zero-order valence-electron chi connectivity index (χ0n) is 12.8. The zero-order valence-corrected chi connectivity index (χ0v) is 12.8. The second kappa shape index (κ2) is 5.68. The maximum Gasteiger partial charge on any atom is 0.335 e. The summed E-state index contributed by atoms with van der Waals surface area (Å²) in [6.45, 7) is 9.61. The normalized spacial score (nSPS) is 13.1. The number of hydrogen-bond acceptors (Lipinski definition) is 4. The Morgan fingerprint density at radius 3 is 2.67 bits per heavy atom. The lowest BCUT2D eigenvalue weighted by Gasteiger charge is -2.27. The first-order chi connectivity index (χ1) is 9.79. The number of anilines is 1. The summed E-state index contributed by atoms with van der Waals surface area (Å²) in [5, 5.41) is 13.2. The topological polar surface area (TPSA) is 75.1 Å². The van der Waals surface area contributed by atoms with E-state index in [9.17, 15) is 4.79 Å². The monoisotopic (exact) mass is 287 g/mol. The highest BCUT2D eigenvalue weighted by molar-refractivity contribution is 5.96. The van der Waals surface area contributed by atoms with Crippen LogP contribution in [-0.4, -0.2) is 27.6 Å². The van der Waals surface area contributed by atoms with E-state index in [-0.39, 0.29) is 11.0 Å². The number of rotatable bonds is 4. The van der Waals surface area contributed by atoms with Gasteiger partial charge in [-0.05, 0) is 29.5 Å². The van der Waals surface area contributed by atoms with Crippen LogP contribution in [0.3, 0.4) is 0 Å². The first-order valence-corrected chi connectivity index (χ1v) is 7.01. The highest BCUT2D eigenvalue weighted by atomic mass is 16.4. The number of carboxylic acids is 1. The average molecular weight is 287 g/mol. The van der Waals surface area contributed by atoms with Crippen LogP contribution in [0.2, 0.25) is 0 Å². The molecule has 2 rings (SSSR count). The van der Waals surface area contributed by atoms with Crippen LogP contribution in [0.5, 0.6) is 0 Å². The van der Waals surface area contributed by atoms with Crippen LogP contribution in [0.1, 0.15) is 38.1 Å². The van der Waals surface area contributed by atoms with Gasteiger partial charge in [-0.3, -0.25) is 0 Å². The summed E-state index contributed by atoms with van der Waals surface area (Å²) < 4.78 is 0. The van der Waals surface area contributed by atoms with Gasteiger partial charge in [0.05, 0.1) is 11.1 Å². The molecule has 0 bridgehead atoms. The van der Waals surface area contributed by atoms with Gasteiger partial charge in [0, 0.05) is 11.9 Å². The van der Waals surface area contributed by atoms with Gasteiger partial charge in [0.1, 0.15) is 12.1 Å². The van der Waals surface area contributed by atoms with E-state index in [1.165, 1.54) is 6.33 Å². The van der Waals surface area contributed by atoms with Gasteiger partial charge in [0.25, 0.3) is 0 Å². The van der Waals surface area contributed by atoms with Gasteiger partial charge >= 0.3 is 5.97 Å². The zero-order chi connectivity index (χ0) is 15.6.